The smallest absolute Gasteiger partial charge is 0.349 e. The maximum Gasteiger partial charge on any atom is 0.416 e. The number of alkyl halides is 3. The Labute approximate surface area is 168 Å². The summed E-state index contributed by atoms with van der Waals surface area (Å²) in [6, 6.07) is 8.57. The zero-order chi connectivity index (χ0) is 20.7. The summed E-state index contributed by atoms with van der Waals surface area (Å²) in [5.74, 6) is -0.182. The SMILES string of the molecule is CCN(CC)CCC[C@H](C)NC(=O)c1ccc(-c2cccc(C(F)(F)F)c2)s1. The van der Waals surface area contributed by atoms with Crippen LogP contribution in [0.4, 0.5) is 13.2 Å². The third-order valence-corrected chi connectivity index (χ3v) is 5.82. The summed E-state index contributed by atoms with van der Waals surface area (Å²) in [4.78, 5) is 15.9. The second-order valence-electron chi connectivity index (χ2n) is 6.79. The molecule has 0 aliphatic rings. The van der Waals surface area contributed by atoms with E-state index in [4.69, 9.17) is 0 Å². The Bertz CT molecular complexity index is 769. The molecule has 154 valence electrons. The van der Waals surface area contributed by atoms with Crippen molar-refractivity contribution in [1.29, 1.82) is 0 Å². The van der Waals surface area contributed by atoms with Gasteiger partial charge in [-0.3, -0.25) is 4.79 Å². The molecule has 0 spiro atoms. The van der Waals surface area contributed by atoms with E-state index in [9.17, 15) is 18.0 Å². The monoisotopic (exact) mass is 412 g/mol. The molecular weight excluding hydrogens is 385 g/mol. The van der Waals surface area contributed by atoms with Crippen LogP contribution in [-0.2, 0) is 6.18 Å². The second kappa shape index (κ2) is 10.1. The van der Waals surface area contributed by atoms with Gasteiger partial charge in [0.25, 0.3) is 5.91 Å². The van der Waals surface area contributed by atoms with Crippen LogP contribution in [0.25, 0.3) is 10.4 Å². The lowest BCUT2D eigenvalue weighted by atomic mass is 10.1. The lowest BCUT2D eigenvalue weighted by Gasteiger charge is -2.19. The molecule has 0 fully saturated rings. The van der Waals surface area contributed by atoms with E-state index in [1.807, 2.05) is 6.92 Å². The minimum Gasteiger partial charge on any atom is -0.349 e. The molecule has 1 N–H and O–H groups in total. The van der Waals surface area contributed by atoms with Gasteiger partial charge in [-0.25, -0.2) is 0 Å². The number of thiophene rings is 1. The molecule has 0 unspecified atom stereocenters. The number of halogens is 3. The molecule has 1 heterocycles. The van der Waals surface area contributed by atoms with Crippen LogP contribution in [0.1, 0.15) is 48.8 Å². The first-order valence-electron chi connectivity index (χ1n) is 9.55. The number of carbonyl (C=O) groups is 1. The Kier molecular flexibility index (Phi) is 8.07. The molecule has 1 aromatic heterocycles. The third kappa shape index (κ3) is 6.34. The van der Waals surface area contributed by atoms with Gasteiger partial charge in [0.05, 0.1) is 10.4 Å². The zero-order valence-corrected chi connectivity index (χ0v) is 17.3. The number of benzene rings is 1. The second-order valence-corrected chi connectivity index (χ2v) is 7.87. The van der Waals surface area contributed by atoms with Crippen LogP contribution < -0.4 is 5.32 Å². The first-order chi connectivity index (χ1) is 13.2. The molecule has 0 radical (unpaired) electrons. The van der Waals surface area contributed by atoms with Gasteiger partial charge in [0.2, 0.25) is 0 Å². The lowest BCUT2D eigenvalue weighted by molar-refractivity contribution is -0.137. The van der Waals surface area contributed by atoms with Crippen LogP contribution in [0.5, 0.6) is 0 Å². The molecule has 0 saturated heterocycles. The number of hydrogen-bond donors (Lipinski definition) is 1. The number of nitrogens with zero attached hydrogens (tertiary/aromatic N) is 1. The highest BCUT2D eigenvalue weighted by Gasteiger charge is 2.30. The first kappa shape index (κ1) is 22.4. The van der Waals surface area contributed by atoms with E-state index >= 15 is 0 Å². The average molecular weight is 413 g/mol. The van der Waals surface area contributed by atoms with Crippen molar-refractivity contribution in [1.82, 2.24) is 10.2 Å². The Hall–Kier alpha value is -1.86. The number of nitrogens with one attached hydrogen (secondary N) is 1. The van der Waals surface area contributed by atoms with E-state index in [2.05, 4.69) is 24.1 Å². The summed E-state index contributed by atoms with van der Waals surface area (Å²) >= 11 is 1.20. The van der Waals surface area contributed by atoms with E-state index < -0.39 is 11.7 Å². The molecule has 1 aromatic carbocycles. The van der Waals surface area contributed by atoms with Crippen LogP contribution in [0.15, 0.2) is 36.4 Å². The molecule has 3 nitrogen and oxygen atoms in total. The maximum absolute atomic E-state index is 12.9. The number of hydrogen-bond acceptors (Lipinski definition) is 3. The standard InChI is InChI=1S/C21H27F3N2OS/c1-4-26(5-2)13-7-8-15(3)25-20(27)19-12-11-18(28-19)16-9-6-10-17(14-16)21(22,23)24/h6,9-12,14-15H,4-5,7-8,13H2,1-3H3,(H,25,27)/t15-/m0/s1. The number of carbonyl (C=O) groups excluding carboxylic acids is 1. The number of rotatable bonds is 9. The van der Waals surface area contributed by atoms with Crippen LogP contribution in [-0.4, -0.2) is 36.5 Å². The van der Waals surface area contributed by atoms with Crippen LogP contribution in [0.2, 0.25) is 0 Å². The predicted molar refractivity (Wildman–Crippen MR) is 109 cm³/mol. The summed E-state index contributed by atoms with van der Waals surface area (Å²) in [7, 11) is 0. The van der Waals surface area contributed by atoms with Crippen molar-refractivity contribution in [3.8, 4) is 10.4 Å². The fraction of sp³-hybridized carbons (Fsp3) is 0.476. The molecule has 0 aliphatic carbocycles. The van der Waals surface area contributed by atoms with Gasteiger partial charge in [-0.2, -0.15) is 13.2 Å². The summed E-state index contributed by atoms with van der Waals surface area (Å²) < 4.78 is 38.7. The van der Waals surface area contributed by atoms with Crippen molar-refractivity contribution in [2.24, 2.45) is 0 Å². The van der Waals surface area contributed by atoms with Crippen molar-refractivity contribution in [3.63, 3.8) is 0 Å². The molecule has 28 heavy (non-hydrogen) atoms. The quantitative estimate of drug-likeness (QED) is 0.575. The van der Waals surface area contributed by atoms with Gasteiger partial charge in [0.1, 0.15) is 0 Å². The van der Waals surface area contributed by atoms with Crippen LogP contribution >= 0.6 is 11.3 Å². The molecule has 1 amide bonds. The van der Waals surface area contributed by atoms with E-state index in [1.165, 1.54) is 17.4 Å². The highest BCUT2D eigenvalue weighted by Crippen LogP contribution is 2.34. The van der Waals surface area contributed by atoms with E-state index in [0.717, 1.165) is 44.6 Å². The highest BCUT2D eigenvalue weighted by molar-refractivity contribution is 7.17. The minimum absolute atomic E-state index is 0.0437. The van der Waals surface area contributed by atoms with Crippen molar-refractivity contribution in [3.05, 3.63) is 46.8 Å². The van der Waals surface area contributed by atoms with Gasteiger partial charge < -0.3 is 10.2 Å². The van der Waals surface area contributed by atoms with Gasteiger partial charge >= 0.3 is 6.18 Å². The molecule has 0 bridgehead atoms. The van der Waals surface area contributed by atoms with E-state index in [0.29, 0.717) is 15.3 Å². The van der Waals surface area contributed by atoms with E-state index in [1.54, 1.807) is 18.2 Å². The Balaban J connectivity index is 1.95. The highest BCUT2D eigenvalue weighted by atomic mass is 32.1. The summed E-state index contributed by atoms with van der Waals surface area (Å²) in [5, 5.41) is 2.98. The lowest BCUT2D eigenvalue weighted by Crippen LogP contribution is -2.33. The first-order valence-corrected chi connectivity index (χ1v) is 10.4. The fourth-order valence-electron chi connectivity index (χ4n) is 2.99. The normalized spacial score (nSPS) is 13.0. The molecule has 0 saturated carbocycles. The molecule has 2 aromatic rings. The Morgan fingerprint density at radius 1 is 1.18 bits per heavy atom. The maximum atomic E-state index is 12.9. The van der Waals surface area contributed by atoms with Gasteiger partial charge in [-0.05, 0) is 69.2 Å². The summed E-state index contributed by atoms with van der Waals surface area (Å²) in [6.45, 7) is 9.28. The Morgan fingerprint density at radius 2 is 1.89 bits per heavy atom. The molecule has 1 atom stereocenters. The molecular formula is C21H27F3N2OS. The molecule has 0 aliphatic heterocycles. The van der Waals surface area contributed by atoms with Crippen molar-refractivity contribution < 1.29 is 18.0 Å². The zero-order valence-electron chi connectivity index (χ0n) is 16.5. The average Bonchev–Trinajstić information content (AvgIpc) is 3.15. The molecule has 2 rings (SSSR count). The largest absolute Gasteiger partial charge is 0.416 e. The Morgan fingerprint density at radius 3 is 2.54 bits per heavy atom. The topological polar surface area (TPSA) is 32.3 Å². The summed E-state index contributed by atoms with van der Waals surface area (Å²) in [6.07, 6.45) is -2.49. The van der Waals surface area contributed by atoms with E-state index in [-0.39, 0.29) is 11.9 Å². The van der Waals surface area contributed by atoms with Crippen molar-refractivity contribution in [2.75, 3.05) is 19.6 Å². The van der Waals surface area contributed by atoms with Crippen LogP contribution in [0.3, 0.4) is 0 Å². The molecule has 7 heteroatoms. The van der Waals surface area contributed by atoms with Gasteiger partial charge in [-0.15, -0.1) is 11.3 Å². The number of amides is 1. The van der Waals surface area contributed by atoms with Crippen LogP contribution in [0, 0.1) is 0 Å². The fourth-order valence-corrected chi connectivity index (χ4v) is 3.90. The minimum atomic E-state index is -4.38. The van der Waals surface area contributed by atoms with Crippen molar-refractivity contribution in [2.45, 2.75) is 45.8 Å². The van der Waals surface area contributed by atoms with Gasteiger partial charge in [0, 0.05) is 10.9 Å². The van der Waals surface area contributed by atoms with Gasteiger partial charge in [-0.1, -0.05) is 26.0 Å². The summed E-state index contributed by atoms with van der Waals surface area (Å²) in [5.41, 5.74) is -0.225. The third-order valence-electron chi connectivity index (χ3n) is 4.69. The van der Waals surface area contributed by atoms with Gasteiger partial charge in [0.15, 0.2) is 0 Å². The van der Waals surface area contributed by atoms with Crippen molar-refractivity contribution >= 4 is 17.2 Å². The predicted octanol–water partition coefficient (Wildman–Crippen LogP) is 5.67.